The summed E-state index contributed by atoms with van der Waals surface area (Å²) in [5, 5.41) is 33.5. The molecule has 0 heterocycles. The molecule has 1 saturated carbocycles. The van der Waals surface area contributed by atoms with Crippen molar-refractivity contribution < 1.29 is 42.8 Å². The number of Topliss-reactive ketones (excluding diaryl/α,β-unsaturated/α-hetero) is 1. The number of likely N-dealkylation sites (N-methyl/N-ethyl adjacent to an activating group) is 1. The number of methoxy groups -OCH3 is 1. The Labute approximate surface area is 243 Å². The Morgan fingerprint density at radius 3 is 2.29 bits per heavy atom. The Kier molecular flexibility index (Phi) is 8.01. The van der Waals surface area contributed by atoms with Crippen molar-refractivity contribution in [1.29, 1.82) is 0 Å². The smallest absolute Gasteiger partial charge is 0.417 e. The number of aliphatic hydroxyl groups is 2. The van der Waals surface area contributed by atoms with Crippen molar-refractivity contribution in [1.82, 2.24) is 9.80 Å². The van der Waals surface area contributed by atoms with Gasteiger partial charge in [-0.05, 0) is 62.5 Å². The number of hydrogen-bond donors (Lipinski definition) is 4. The molecule has 4 rings (SSSR count). The van der Waals surface area contributed by atoms with Crippen LogP contribution in [-0.2, 0) is 33.5 Å². The van der Waals surface area contributed by atoms with Crippen LogP contribution in [0.2, 0.25) is 0 Å². The van der Waals surface area contributed by atoms with E-state index in [4.69, 9.17) is 10.5 Å². The van der Waals surface area contributed by atoms with Gasteiger partial charge in [0.15, 0.2) is 5.78 Å². The molecule has 4 atom stereocenters. The van der Waals surface area contributed by atoms with Crippen molar-refractivity contribution in [2.75, 3.05) is 34.8 Å². The van der Waals surface area contributed by atoms with Crippen molar-refractivity contribution in [2.45, 2.75) is 64.4 Å². The number of carbonyl (C=O) groups is 2. The number of nitrogens with two attached hydrogens (primary N) is 1. The summed E-state index contributed by atoms with van der Waals surface area (Å²) in [6.07, 6.45) is -5.39. The number of alkyl halides is 3. The highest BCUT2D eigenvalue weighted by Gasteiger charge is 2.61. The lowest BCUT2D eigenvalue weighted by atomic mass is 9.57. The number of fused-ring (bicyclic) bond motifs is 3. The van der Waals surface area contributed by atoms with Gasteiger partial charge in [0.2, 0.25) is 5.91 Å². The summed E-state index contributed by atoms with van der Waals surface area (Å²) in [7, 11) is 6.24. The van der Waals surface area contributed by atoms with Gasteiger partial charge in [-0.2, -0.15) is 13.2 Å². The summed E-state index contributed by atoms with van der Waals surface area (Å²) < 4.78 is 50.0. The molecule has 1 fully saturated rings. The normalized spacial score (nSPS) is 26.5. The lowest BCUT2D eigenvalue weighted by Crippen LogP contribution is -2.63. The predicted octanol–water partition coefficient (Wildman–Crippen LogP) is 3.94. The molecule has 0 aromatic heterocycles. The van der Waals surface area contributed by atoms with E-state index in [1.54, 1.807) is 30.9 Å². The summed E-state index contributed by atoms with van der Waals surface area (Å²) >= 11 is 0. The predicted molar refractivity (Wildman–Crippen MR) is 149 cm³/mol. The van der Waals surface area contributed by atoms with Gasteiger partial charge in [0, 0.05) is 38.1 Å². The number of aromatic hydroxyl groups is 1. The second-order valence-electron chi connectivity index (χ2n) is 13.3. The van der Waals surface area contributed by atoms with E-state index in [0.717, 1.165) is 6.07 Å². The van der Waals surface area contributed by atoms with E-state index >= 15 is 0 Å². The average Bonchev–Trinajstić information content (AvgIpc) is 2.81. The highest BCUT2D eigenvalue weighted by Crippen LogP contribution is 2.55. The molecule has 0 bridgehead atoms. The van der Waals surface area contributed by atoms with Crippen LogP contribution in [0.5, 0.6) is 5.75 Å². The first kappa shape index (κ1) is 31.8. The summed E-state index contributed by atoms with van der Waals surface area (Å²) in [4.78, 5) is 29.8. The van der Waals surface area contributed by atoms with Crippen molar-refractivity contribution in [3.05, 3.63) is 45.2 Å². The third kappa shape index (κ3) is 5.17. The van der Waals surface area contributed by atoms with Gasteiger partial charge in [-0.25, -0.2) is 0 Å². The van der Waals surface area contributed by atoms with Crippen LogP contribution >= 0.6 is 0 Å². The summed E-state index contributed by atoms with van der Waals surface area (Å²) in [6.45, 7) is 6.30. The van der Waals surface area contributed by atoms with E-state index in [0.29, 0.717) is 6.54 Å². The first-order valence-corrected chi connectivity index (χ1v) is 13.8. The molecule has 1 aromatic rings. The first-order valence-electron chi connectivity index (χ1n) is 13.8. The van der Waals surface area contributed by atoms with Gasteiger partial charge in [0.1, 0.15) is 22.9 Å². The number of benzene rings is 1. The summed E-state index contributed by atoms with van der Waals surface area (Å²) in [6, 6.07) is 0.109. The van der Waals surface area contributed by atoms with Crippen LogP contribution in [0.4, 0.5) is 13.2 Å². The van der Waals surface area contributed by atoms with E-state index in [1.165, 1.54) is 7.11 Å². The standard InChI is InChI=1S/C30H40F3N3O6/c1-28(2,3)13-36(6)12-15-10-19(37)21-16(22(15)30(31,32)33)8-14-9-18-23(35(4)5)24(38)17(27(34)41)11-29(18,42-7)26(40)20(14)25(21)39/h10,14,18,23,37-39H,8-9,11-13H2,1-7H3,(H2,34,41)/t14-,18-,23-,29-/m0/s1. The number of halogens is 3. The van der Waals surface area contributed by atoms with Gasteiger partial charge in [-0.3, -0.25) is 14.5 Å². The number of phenols is 1. The summed E-state index contributed by atoms with van der Waals surface area (Å²) in [5.41, 5.74) is 1.49. The van der Waals surface area contributed by atoms with Crippen LogP contribution in [0.3, 0.4) is 0 Å². The number of carbonyl (C=O) groups excluding carboxylic acids is 2. The molecular weight excluding hydrogens is 555 g/mol. The molecule has 5 N–H and O–H groups in total. The van der Waals surface area contributed by atoms with Crippen molar-refractivity contribution >= 4 is 17.4 Å². The van der Waals surface area contributed by atoms with E-state index < -0.39 is 64.0 Å². The topological polar surface area (TPSA) is 137 Å². The molecule has 0 spiro atoms. The Bertz CT molecular complexity index is 1380. The van der Waals surface area contributed by atoms with Crippen LogP contribution < -0.4 is 5.73 Å². The van der Waals surface area contributed by atoms with Gasteiger partial charge in [-0.15, -0.1) is 0 Å². The van der Waals surface area contributed by atoms with E-state index in [1.807, 2.05) is 20.8 Å². The molecule has 9 nitrogen and oxygen atoms in total. The van der Waals surface area contributed by atoms with Gasteiger partial charge in [0.25, 0.3) is 0 Å². The number of nitrogens with zero attached hydrogens (tertiary/aromatic N) is 2. The Morgan fingerprint density at radius 2 is 1.79 bits per heavy atom. The molecule has 1 amide bonds. The Balaban J connectivity index is 1.92. The van der Waals surface area contributed by atoms with Gasteiger partial charge in [-0.1, -0.05) is 20.8 Å². The lowest BCUT2D eigenvalue weighted by Gasteiger charge is -2.53. The number of ether oxygens (including phenoxy) is 1. The van der Waals surface area contributed by atoms with Crippen LogP contribution in [0.25, 0.3) is 5.76 Å². The molecular formula is C30H40F3N3O6. The average molecular weight is 596 g/mol. The number of ketones is 1. The largest absolute Gasteiger partial charge is 0.510 e. The zero-order valence-corrected chi connectivity index (χ0v) is 25.0. The maximum Gasteiger partial charge on any atom is 0.417 e. The molecule has 0 saturated heterocycles. The van der Waals surface area contributed by atoms with Crippen molar-refractivity contribution in [2.24, 2.45) is 23.0 Å². The molecule has 0 radical (unpaired) electrons. The molecule has 1 aromatic carbocycles. The third-order valence-electron chi connectivity index (χ3n) is 8.70. The molecule has 0 aliphatic heterocycles. The van der Waals surface area contributed by atoms with E-state index in [9.17, 15) is 38.1 Å². The number of primary amides is 1. The number of hydrogen-bond acceptors (Lipinski definition) is 8. The minimum Gasteiger partial charge on any atom is -0.510 e. The maximum atomic E-state index is 14.7. The van der Waals surface area contributed by atoms with Gasteiger partial charge in [0.05, 0.1) is 22.7 Å². The van der Waals surface area contributed by atoms with Crippen molar-refractivity contribution in [3.63, 3.8) is 0 Å². The van der Waals surface area contributed by atoms with E-state index in [2.05, 4.69) is 0 Å². The van der Waals surface area contributed by atoms with E-state index in [-0.39, 0.29) is 59.3 Å². The highest BCUT2D eigenvalue weighted by atomic mass is 19.4. The van der Waals surface area contributed by atoms with Crippen LogP contribution in [-0.4, -0.2) is 83.3 Å². The summed E-state index contributed by atoms with van der Waals surface area (Å²) in [5.74, 6) is -4.91. The van der Waals surface area contributed by atoms with Gasteiger partial charge >= 0.3 is 6.18 Å². The monoisotopic (exact) mass is 595 g/mol. The zero-order chi connectivity index (χ0) is 31.7. The fourth-order valence-electron chi connectivity index (χ4n) is 7.40. The molecule has 12 heteroatoms. The van der Waals surface area contributed by atoms with Gasteiger partial charge < -0.3 is 30.7 Å². The van der Waals surface area contributed by atoms with Crippen LogP contribution in [0.1, 0.15) is 55.9 Å². The Hall–Kier alpha value is -3.09. The lowest BCUT2D eigenvalue weighted by molar-refractivity contribution is -0.157. The fourth-order valence-corrected chi connectivity index (χ4v) is 7.40. The molecule has 0 unspecified atom stereocenters. The minimum absolute atomic E-state index is 0.0591. The zero-order valence-electron chi connectivity index (χ0n) is 25.0. The molecule has 3 aliphatic carbocycles. The minimum atomic E-state index is -4.81. The SMILES string of the molecule is CO[C@@]12CC(C(N)=O)=C(O)[C@@H](N(C)C)[C@@H]1C[C@@H]1Cc3c(c(O)cc(CN(C)CC(C)(C)C)c3C(F)(F)F)C(O)=C1C2=O. The number of aliphatic hydroxyl groups excluding tert-OH is 2. The maximum absolute atomic E-state index is 14.7. The quantitative estimate of drug-likeness (QED) is 0.389. The molecule has 3 aliphatic rings. The number of phenolic OH excluding ortho intramolecular Hbond substituents is 1. The molecule has 42 heavy (non-hydrogen) atoms. The molecule has 232 valence electrons. The number of amides is 1. The second kappa shape index (κ2) is 10.6. The number of rotatable bonds is 6. The van der Waals surface area contributed by atoms with Crippen LogP contribution in [0.15, 0.2) is 23.0 Å². The van der Waals surface area contributed by atoms with Crippen molar-refractivity contribution in [3.8, 4) is 5.75 Å². The highest BCUT2D eigenvalue weighted by molar-refractivity contribution is 6.10. The third-order valence-corrected chi connectivity index (χ3v) is 8.70. The fraction of sp³-hybridized carbons (Fsp3) is 0.600. The second-order valence-corrected chi connectivity index (χ2v) is 13.3. The first-order chi connectivity index (χ1) is 19.2. The van der Waals surface area contributed by atoms with Crippen LogP contribution in [0, 0.1) is 17.3 Å². The Morgan fingerprint density at radius 1 is 1.17 bits per heavy atom.